The van der Waals surface area contributed by atoms with E-state index in [1.54, 1.807) is 6.20 Å². The molecule has 2 heterocycles. The van der Waals surface area contributed by atoms with E-state index in [0.717, 1.165) is 42.3 Å². The Hall–Kier alpha value is -0.540. The molecule has 0 amide bonds. The Morgan fingerprint density at radius 2 is 2.39 bits per heavy atom. The maximum Gasteiger partial charge on any atom is 0.191 e. The Kier molecular flexibility index (Phi) is 9.23. The van der Waals surface area contributed by atoms with Crippen molar-refractivity contribution in [1.29, 1.82) is 0 Å². The highest BCUT2D eigenvalue weighted by Crippen LogP contribution is 2.25. The van der Waals surface area contributed by atoms with Crippen molar-refractivity contribution in [3.8, 4) is 0 Å². The zero-order valence-electron chi connectivity index (χ0n) is 13.1. The molecule has 1 fully saturated rings. The molecule has 1 aromatic rings. The predicted molar refractivity (Wildman–Crippen MR) is 112 cm³/mol. The summed E-state index contributed by atoms with van der Waals surface area (Å²) in [5, 5.41) is 7.40. The lowest BCUT2D eigenvalue weighted by molar-refractivity contribution is 0.650. The van der Waals surface area contributed by atoms with Gasteiger partial charge in [-0.3, -0.25) is 0 Å². The molecule has 1 atom stereocenters. The number of anilines is 1. The van der Waals surface area contributed by atoms with Gasteiger partial charge in [-0.05, 0) is 25.5 Å². The van der Waals surface area contributed by atoms with E-state index >= 15 is 0 Å². The number of rotatable bonds is 5. The molecule has 128 valence electrons. The first-order valence-corrected chi connectivity index (χ1v) is 8.50. The lowest BCUT2D eigenvalue weighted by Crippen LogP contribution is -2.44. The molecule has 0 spiro atoms. The summed E-state index contributed by atoms with van der Waals surface area (Å²) < 4.78 is 0.859. The first-order valence-electron chi connectivity index (χ1n) is 7.33. The lowest BCUT2D eigenvalue weighted by atomic mass is 10.3. The Morgan fingerprint density at radius 1 is 1.61 bits per heavy atom. The molecule has 1 aliphatic heterocycles. The van der Waals surface area contributed by atoms with Gasteiger partial charge in [0.25, 0.3) is 0 Å². The van der Waals surface area contributed by atoms with Crippen LogP contribution in [0.25, 0.3) is 0 Å². The Morgan fingerprint density at radius 3 is 3.04 bits per heavy atom. The summed E-state index contributed by atoms with van der Waals surface area (Å²) in [6.07, 6.45) is 2.79. The van der Waals surface area contributed by atoms with E-state index in [1.807, 2.05) is 12.1 Å². The van der Waals surface area contributed by atoms with Gasteiger partial charge in [0.05, 0.1) is 11.6 Å². The molecule has 1 saturated heterocycles. The molecule has 8 heteroatoms. The smallest absolute Gasteiger partial charge is 0.191 e. The van der Waals surface area contributed by atoms with Crippen LogP contribution in [0, 0.1) is 0 Å². The molecule has 0 aliphatic carbocycles. The van der Waals surface area contributed by atoms with Crippen LogP contribution in [0.5, 0.6) is 0 Å². The van der Waals surface area contributed by atoms with Crippen molar-refractivity contribution in [2.75, 3.05) is 31.1 Å². The predicted octanol–water partition coefficient (Wildman–Crippen LogP) is 3.40. The van der Waals surface area contributed by atoms with Crippen molar-refractivity contribution in [1.82, 2.24) is 15.6 Å². The second-order valence-electron chi connectivity index (χ2n) is 5.10. The largest absolute Gasteiger partial charge is 0.357 e. The summed E-state index contributed by atoms with van der Waals surface area (Å²) in [6.45, 7) is 9.02. The van der Waals surface area contributed by atoms with Crippen molar-refractivity contribution >= 4 is 63.3 Å². The number of aliphatic imine (C=N–C) groups is 1. The highest BCUT2D eigenvalue weighted by molar-refractivity contribution is 14.0. The van der Waals surface area contributed by atoms with Gasteiger partial charge in [-0.1, -0.05) is 34.1 Å². The third-order valence-electron chi connectivity index (χ3n) is 3.32. The van der Waals surface area contributed by atoms with E-state index in [2.05, 4.69) is 54.9 Å². The van der Waals surface area contributed by atoms with E-state index in [0.29, 0.717) is 17.6 Å². The fraction of sp³-hybridized carbons (Fsp3) is 0.467. The number of nitrogens with zero attached hydrogens (tertiary/aromatic N) is 3. The summed E-state index contributed by atoms with van der Waals surface area (Å²) in [5.74, 6) is 1.66. The molecule has 0 aromatic carbocycles. The first-order chi connectivity index (χ1) is 10.6. The minimum absolute atomic E-state index is 0. The van der Waals surface area contributed by atoms with Crippen LogP contribution in [0.3, 0.4) is 0 Å². The van der Waals surface area contributed by atoms with Crippen LogP contribution >= 0.6 is 51.5 Å². The summed E-state index contributed by atoms with van der Waals surface area (Å²) in [5.41, 5.74) is 0. The van der Waals surface area contributed by atoms with Crippen molar-refractivity contribution in [2.45, 2.75) is 19.4 Å². The quantitative estimate of drug-likeness (QED) is 0.359. The number of hydrogen-bond donors (Lipinski definition) is 2. The van der Waals surface area contributed by atoms with Gasteiger partial charge in [-0.25, -0.2) is 9.98 Å². The second-order valence-corrected chi connectivity index (χ2v) is 6.63. The van der Waals surface area contributed by atoms with Crippen LogP contribution in [0.2, 0.25) is 5.02 Å². The summed E-state index contributed by atoms with van der Waals surface area (Å²) >= 11 is 9.54. The molecule has 2 rings (SSSR count). The zero-order valence-corrected chi connectivity index (χ0v) is 17.7. The average Bonchev–Trinajstić information content (AvgIpc) is 2.94. The zero-order chi connectivity index (χ0) is 15.9. The van der Waals surface area contributed by atoms with Gasteiger partial charge < -0.3 is 15.5 Å². The molecule has 1 aromatic heterocycles. The maximum atomic E-state index is 6.22. The molecule has 0 saturated carbocycles. The number of halogens is 3. The summed E-state index contributed by atoms with van der Waals surface area (Å²) in [6, 6.07) is 4.04. The van der Waals surface area contributed by atoms with Crippen LogP contribution in [0.1, 0.15) is 13.3 Å². The molecular formula is C15H22BrClIN5. The van der Waals surface area contributed by atoms with Crippen LogP contribution in [-0.2, 0) is 0 Å². The van der Waals surface area contributed by atoms with E-state index in [4.69, 9.17) is 11.6 Å². The van der Waals surface area contributed by atoms with E-state index in [9.17, 15) is 0 Å². The molecule has 23 heavy (non-hydrogen) atoms. The molecule has 5 nitrogen and oxygen atoms in total. The lowest BCUT2D eigenvalue weighted by Gasteiger charge is -2.20. The third kappa shape index (κ3) is 6.46. The van der Waals surface area contributed by atoms with Gasteiger partial charge >= 0.3 is 0 Å². The molecule has 1 aliphatic rings. The first kappa shape index (κ1) is 20.5. The van der Waals surface area contributed by atoms with Crippen molar-refractivity contribution < 1.29 is 0 Å². The van der Waals surface area contributed by atoms with Crippen molar-refractivity contribution in [3.05, 3.63) is 34.4 Å². The van der Waals surface area contributed by atoms with E-state index in [-0.39, 0.29) is 24.0 Å². The second kappa shape index (κ2) is 10.4. The molecule has 2 N–H and O–H groups in total. The highest BCUT2D eigenvalue weighted by Gasteiger charge is 2.25. The Bertz CT molecular complexity index is 554. The Balaban J connectivity index is 0.00000264. The third-order valence-corrected chi connectivity index (χ3v) is 3.87. The van der Waals surface area contributed by atoms with Gasteiger partial charge in [0.1, 0.15) is 5.82 Å². The summed E-state index contributed by atoms with van der Waals surface area (Å²) in [7, 11) is 0. The fourth-order valence-corrected chi connectivity index (χ4v) is 2.73. The standard InChI is InChI=1S/C15H21BrClN5.HI/c1-3-18-15(20-9-11(2)16)21-12-6-8-22(10-12)14-13(17)5-4-7-19-14;/h4-5,7,12H,2-3,6,8-10H2,1H3,(H2,18,20,21);1H. The summed E-state index contributed by atoms with van der Waals surface area (Å²) in [4.78, 5) is 11.1. The van der Waals surface area contributed by atoms with Crippen LogP contribution in [0.4, 0.5) is 5.82 Å². The molecule has 0 bridgehead atoms. The normalized spacial score (nSPS) is 17.6. The average molecular weight is 515 g/mol. The van der Waals surface area contributed by atoms with Gasteiger partial charge in [0, 0.05) is 36.4 Å². The number of aromatic nitrogens is 1. The van der Waals surface area contributed by atoms with Crippen LogP contribution < -0.4 is 15.5 Å². The Labute approximate surface area is 168 Å². The number of guanidine groups is 1. The molecule has 0 radical (unpaired) electrons. The van der Waals surface area contributed by atoms with Crippen LogP contribution in [-0.4, -0.2) is 43.2 Å². The van der Waals surface area contributed by atoms with Crippen molar-refractivity contribution in [3.63, 3.8) is 0 Å². The number of nitrogens with one attached hydrogen (secondary N) is 2. The van der Waals surface area contributed by atoms with Gasteiger partial charge in [0.2, 0.25) is 0 Å². The minimum Gasteiger partial charge on any atom is -0.357 e. The fourth-order valence-electron chi connectivity index (χ4n) is 2.36. The monoisotopic (exact) mass is 513 g/mol. The van der Waals surface area contributed by atoms with Crippen LogP contribution in [0.15, 0.2) is 34.4 Å². The van der Waals surface area contributed by atoms with E-state index < -0.39 is 0 Å². The SMILES string of the molecule is C=C(Br)CN=C(NCC)NC1CCN(c2ncccc2Cl)C1.I. The highest BCUT2D eigenvalue weighted by atomic mass is 127. The minimum atomic E-state index is 0. The van der Waals surface area contributed by atoms with E-state index in [1.165, 1.54) is 0 Å². The topological polar surface area (TPSA) is 52.6 Å². The van der Waals surface area contributed by atoms with Gasteiger partial charge in [0.15, 0.2) is 5.96 Å². The number of pyridine rings is 1. The van der Waals surface area contributed by atoms with Crippen molar-refractivity contribution in [2.24, 2.45) is 4.99 Å². The van der Waals surface area contributed by atoms with Gasteiger partial charge in [-0.15, -0.1) is 24.0 Å². The molecule has 1 unspecified atom stereocenters. The number of hydrogen-bond acceptors (Lipinski definition) is 3. The van der Waals surface area contributed by atoms with Gasteiger partial charge in [-0.2, -0.15) is 0 Å². The maximum absolute atomic E-state index is 6.22. The molecular weight excluding hydrogens is 492 g/mol.